The average molecular weight is 390 g/mol. The maximum atomic E-state index is 5.12. The van der Waals surface area contributed by atoms with Crippen LogP contribution in [-0.2, 0) is 6.42 Å². The van der Waals surface area contributed by atoms with Crippen molar-refractivity contribution in [2.24, 2.45) is 0 Å². The molecule has 1 aromatic heterocycles. The Balaban J connectivity index is 1.62. The first-order valence-electron chi connectivity index (χ1n) is 11.3. The van der Waals surface area contributed by atoms with E-state index in [-0.39, 0.29) is 0 Å². The van der Waals surface area contributed by atoms with Crippen LogP contribution >= 0.6 is 0 Å². The summed E-state index contributed by atoms with van der Waals surface area (Å²) in [5.74, 6) is 0.704. The maximum Gasteiger partial charge on any atom is 0.0786 e. The summed E-state index contributed by atoms with van der Waals surface area (Å²) in [5.41, 5.74) is 12.1. The number of hydrogen-bond donors (Lipinski definition) is 0. The number of rotatable bonds is 2. The summed E-state index contributed by atoms with van der Waals surface area (Å²) in [5, 5.41) is 2.73. The Kier molecular flexibility index (Phi) is 4.06. The van der Waals surface area contributed by atoms with E-state index in [0.717, 1.165) is 17.8 Å². The molecule has 0 spiro atoms. The summed E-state index contributed by atoms with van der Waals surface area (Å²) < 4.78 is 0. The molecule has 1 saturated carbocycles. The van der Waals surface area contributed by atoms with Gasteiger partial charge in [0.1, 0.15) is 0 Å². The number of fused-ring (bicyclic) bond motifs is 4. The number of aryl methyl sites for hydroxylation is 2. The van der Waals surface area contributed by atoms with Crippen LogP contribution in [0.1, 0.15) is 59.5 Å². The highest BCUT2D eigenvalue weighted by molar-refractivity contribution is 5.99. The zero-order valence-electron chi connectivity index (χ0n) is 17.8. The standard InChI is InChI=1S/C29H27N/c1-18-14-25-23-11-6-5-10-21(23)17-27(25)28(15-18)29-24-13-7-12-22(20-8-3-4-9-20)26(24)16-19(2)30-29/h5-7,10-16,20H,3-4,8-9,17H2,1-2H3. The summed E-state index contributed by atoms with van der Waals surface area (Å²) in [6, 6.07) is 22.8. The molecular formula is C29H27N. The fourth-order valence-corrected chi connectivity index (χ4v) is 5.81. The molecule has 148 valence electrons. The fraction of sp³-hybridized carbons (Fsp3) is 0.276. The first-order valence-corrected chi connectivity index (χ1v) is 11.3. The van der Waals surface area contributed by atoms with E-state index in [1.165, 1.54) is 75.4 Å². The van der Waals surface area contributed by atoms with Gasteiger partial charge in [0.2, 0.25) is 0 Å². The van der Waals surface area contributed by atoms with Crippen LogP contribution in [0.15, 0.2) is 60.7 Å². The molecule has 30 heavy (non-hydrogen) atoms. The first kappa shape index (κ1) is 17.9. The molecule has 2 aliphatic carbocycles. The van der Waals surface area contributed by atoms with Crippen LogP contribution in [0.25, 0.3) is 33.2 Å². The predicted molar refractivity (Wildman–Crippen MR) is 126 cm³/mol. The van der Waals surface area contributed by atoms with E-state index in [0.29, 0.717) is 5.92 Å². The molecule has 1 fully saturated rings. The molecule has 2 aliphatic rings. The first-order chi connectivity index (χ1) is 14.7. The largest absolute Gasteiger partial charge is 0.252 e. The van der Waals surface area contributed by atoms with Gasteiger partial charge in [-0.15, -0.1) is 0 Å². The lowest BCUT2D eigenvalue weighted by Crippen LogP contribution is -1.99. The Bertz CT molecular complexity index is 1290. The lowest BCUT2D eigenvalue weighted by Gasteiger charge is -2.17. The Morgan fingerprint density at radius 3 is 2.43 bits per heavy atom. The molecule has 6 rings (SSSR count). The van der Waals surface area contributed by atoms with Crippen molar-refractivity contribution >= 4 is 10.8 Å². The van der Waals surface area contributed by atoms with E-state index in [1.54, 1.807) is 0 Å². The van der Waals surface area contributed by atoms with Crippen LogP contribution in [0.3, 0.4) is 0 Å². The summed E-state index contributed by atoms with van der Waals surface area (Å²) in [4.78, 5) is 5.12. The molecule has 0 bridgehead atoms. The molecular weight excluding hydrogens is 362 g/mol. The smallest absolute Gasteiger partial charge is 0.0786 e. The molecule has 0 aliphatic heterocycles. The molecule has 0 N–H and O–H groups in total. The zero-order valence-corrected chi connectivity index (χ0v) is 17.8. The van der Waals surface area contributed by atoms with Gasteiger partial charge in [0.05, 0.1) is 5.69 Å². The molecule has 0 atom stereocenters. The lowest BCUT2D eigenvalue weighted by molar-refractivity contribution is 0.729. The van der Waals surface area contributed by atoms with Gasteiger partial charge < -0.3 is 0 Å². The molecule has 1 heterocycles. The summed E-state index contributed by atoms with van der Waals surface area (Å²) >= 11 is 0. The number of pyridine rings is 1. The Labute approximate surface area is 178 Å². The second kappa shape index (κ2) is 6.80. The van der Waals surface area contributed by atoms with Gasteiger partial charge in [-0.3, -0.25) is 4.98 Å². The number of hydrogen-bond acceptors (Lipinski definition) is 1. The Morgan fingerprint density at radius 2 is 1.57 bits per heavy atom. The van der Waals surface area contributed by atoms with E-state index in [2.05, 4.69) is 74.5 Å². The minimum absolute atomic E-state index is 0.704. The average Bonchev–Trinajstić information content (AvgIpc) is 3.40. The van der Waals surface area contributed by atoms with Crippen molar-refractivity contribution < 1.29 is 0 Å². The van der Waals surface area contributed by atoms with Crippen molar-refractivity contribution in [2.75, 3.05) is 0 Å². The van der Waals surface area contributed by atoms with Crippen molar-refractivity contribution in [3.8, 4) is 22.4 Å². The summed E-state index contributed by atoms with van der Waals surface area (Å²) in [6.07, 6.45) is 6.37. The van der Waals surface area contributed by atoms with E-state index in [9.17, 15) is 0 Å². The van der Waals surface area contributed by atoms with Crippen LogP contribution in [-0.4, -0.2) is 4.98 Å². The number of aromatic nitrogens is 1. The van der Waals surface area contributed by atoms with Crippen LogP contribution in [0.2, 0.25) is 0 Å². The van der Waals surface area contributed by atoms with Gasteiger partial charge >= 0.3 is 0 Å². The summed E-state index contributed by atoms with van der Waals surface area (Å²) in [6.45, 7) is 4.37. The monoisotopic (exact) mass is 389 g/mol. The second-order valence-electron chi connectivity index (χ2n) is 9.21. The van der Waals surface area contributed by atoms with Crippen molar-refractivity contribution in [2.45, 2.75) is 51.9 Å². The third-order valence-corrected chi connectivity index (χ3v) is 7.16. The van der Waals surface area contributed by atoms with Crippen molar-refractivity contribution in [3.05, 3.63) is 88.6 Å². The van der Waals surface area contributed by atoms with Gasteiger partial charge in [-0.1, -0.05) is 61.4 Å². The molecule has 0 saturated heterocycles. The maximum absolute atomic E-state index is 5.12. The predicted octanol–water partition coefficient (Wildman–Crippen LogP) is 7.75. The van der Waals surface area contributed by atoms with Gasteiger partial charge in [-0.05, 0) is 89.9 Å². The van der Waals surface area contributed by atoms with Gasteiger partial charge in [0.15, 0.2) is 0 Å². The fourth-order valence-electron chi connectivity index (χ4n) is 5.81. The highest BCUT2D eigenvalue weighted by atomic mass is 14.7. The minimum Gasteiger partial charge on any atom is -0.252 e. The van der Waals surface area contributed by atoms with Crippen LogP contribution < -0.4 is 0 Å². The van der Waals surface area contributed by atoms with Crippen molar-refractivity contribution in [3.63, 3.8) is 0 Å². The van der Waals surface area contributed by atoms with E-state index in [4.69, 9.17) is 4.98 Å². The SMILES string of the molecule is Cc1cc2c(c(-c3nc(C)cc4c(C5CCCC5)cccc34)c1)Cc1ccccc1-2. The minimum atomic E-state index is 0.704. The van der Waals surface area contributed by atoms with Gasteiger partial charge in [-0.2, -0.15) is 0 Å². The summed E-state index contributed by atoms with van der Waals surface area (Å²) in [7, 11) is 0. The van der Waals surface area contributed by atoms with Crippen molar-refractivity contribution in [1.29, 1.82) is 0 Å². The number of nitrogens with zero attached hydrogens (tertiary/aromatic N) is 1. The number of benzene rings is 3. The molecule has 3 aromatic carbocycles. The quantitative estimate of drug-likeness (QED) is 0.301. The third-order valence-electron chi connectivity index (χ3n) is 7.16. The Morgan fingerprint density at radius 1 is 0.767 bits per heavy atom. The zero-order chi connectivity index (χ0) is 20.2. The van der Waals surface area contributed by atoms with E-state index >= 15 is 0 Å². The molecule has 1 heteroatoms. The van der Waals surface area contributed by atoms with Gasteiger partial charge in [0, 0.05) is 16.6 Å². The molecule has 0 unspecified atom stereocenters. The highest BCUT2D eigenvalue weighted by Crippen LogP contribution is 2.45. The molecule has 0 radical (unpaired) electrons. The van der Waals surface area contributed by atoms with E-state index < -0.39 is 0 Å². The Hall–Kier alpha value is -2.93. The molecule has 4 aromatic rings. The lowest BCUT2D eigenvalue weighted by atomic mass is 9.89. The van der Waals surface area contributed by atoms with E-state index in [1.807, 2.05) is 0 Å². The topological polar surface area (TPSA) is 12.9 Å². The van der Waals surface area contributed by atoms with Crippen LogP contribution in [0.4, 0.5) is 0 Å². The van der Waals surface area contributed by atoms with Crippen LogP contribution in [0, 0.1) is 13.8 Å². The second-order valence-corrected chi connectivity index (χ2v) is 9.21. The van der Waals surface area contributed by atoms with Gasteiger partial charge in [0.25, 0.3) is 0 Å². The van der Waals surface area contributed by atoms with Crippen molar-refractivity contribution in [1.82, 2.24) is 4.98 Å². The van der Waals surface area contributed by atoms with Crippen LogP contribution in [0.5, 0.6) is 0 Å². The van der Waals surface area contributed by atoms with Gasteiger partial charge in [-0.25, -0.2) is 0 Å². The molecule has 1 nitrogen and oxygen atoms in total. The normalized spacial score (nSPS) is 15.5. The third kappa shape index (κ3) is 2.72. The molecule has 0 amide bonds. The highest BCUT2D eigenvalue weighted by Gasteiger charge is 2.25.